The van der Waals surface area contributed by atoms with E-state index in [0.29, 0.717) is 23.3 Å². The van der Waals surface area contributed by atoms with Crippen LogP contribution in [0.2, 0.25) is 0 Å². The minimum Gasteiger partial charge on any atom is -0.493 e. The summed E-state index contributed by atoms with van der Waals surface area (Å²) in [4.78, 5) is 8.38. The fourth-order valence-corrected chi connectivity index (χ4v) is 4.62. The van der Waals surface area contributed by atoms with E-state index >= 15 is 0 Å². The van der Waals surface area contributed by atoms with Crippen molar-refractivity contribution in [3.8, 4) is 27.8 Å². The van der Waals surface area contributed by atoms with Gasteiger partial charge in [0.25, 0.3) is 0 Å². The Balaban J connectivity index is 1.60. The molecule has 1 N–H and O–H groups in total. The molecule has 8 heteroatoms. The molecule has 0 unspecified atom stereocenters. The molecule has 27 heavy (non-hydrogen) atoms. The summed E-state index contributed by atoms with van der Waals surface area (Å²) >= 11 is 7.27. The maximum atomic E-state index is 5.56. The Kier molecular flexibility index (Phi) is 5.10. The summed E-state index contributed by atoms with van der Waals surface area (Å²) < 4.78 is 16.4. The normalized spacial score (nSPS) is 15.9. The molecule has 2 heterocycles. The number of thiocarbonyl (C=S) groups is 1. The number of aromatic nitrogens is 1. The Bertz CT molecular complexity index is 839. The SMILES string of the molecule is COc1cc(-c2nc3c(s2)CN(C(=S)NC2CC2)CC3)cc(OC)c1OC. The number of benzene rings is 1. The summed E-state index contributed by atoms with van der Waals surface area (Å²) in [6.07, 6.45) is 3.36. The second-order valence-corrected chi connectivity index (χ2v) is 8.17. The summed E-state index contributed by atoms with van der Waals surface area (Å²) in [6.45, 7) is 1.72. The van der Waals surface area contributed by atoms with Gasteiger partial charge in [0.1, 0.15) is 5.01 Å². The lowest BCUT2D eigenvalue weighted by Gasteiger charge is -2.28. The van der Waals surface area contributed by atoms with E-state index in [-0.39, 0.29) is 0 Å². The highest BCUT2D eigenvalue weighted by Gasteiger charge is 2.27. The van der Waals surface area contributed by atoms with Crippen LogP contribution >= 0.6 is 23.6 Å². The van der Waals surface area contributed by atoms with Crippen LogP contribution in [0.25, 0.3) is 10.6 Å². The molecule has 0 atom stereocenters. The minimum atomic E-state index is 0.579. The van der Waals surface area contributed by atoms with Gasteiger partial charge in [-0.25, -0.2) is 4.98 Å². The number of hydrogen-bond acceptors (Lipinski definition) is 6. The van der Waals surface area contributed by atoms with Crippen molar-refractivity contribution >= 4 is 28.7 Å². The Morgan fingerprint density at radius 2 is 1.89 bits per heavy atom. The monoisotopic (exact) mass is 405 g/mol. The molecule has 1 aromatic heterocycles. The third-order valence-corrected chi connectivity index (χ3v) is 6.34. The van der Waals surface area contributed by atoms with E-state index in [0.717, 1.165) is 40.9 Å². The maximum absolute atomic E-state index is 5.56. The summed E-state index contributed by atoms with van der Waals surface area (Å²) in [7, 11) is 4.86. The largest absolute Gasteiger partial charge is 0.493 e. The van der Waals surface area contributed by atoms with Crippen molar-refractivity contribution in [1.82, 2.24) is 15.2 Å². The van der Waals surface area contributed by atoms with Gasteiger partial charge in [-0.1, -0.05) is 0 Å². The third kappa shape index (κ3) is 3.68. The van der Waals surface area contributed by atoms with Crippen molar-refractivity contribution in [1.29, 1.82) is 0 Å². The first-order valence-electron chi connectivity index (χ1n) is 8.97. The molecule has 0 amide bonds. The van der Waals surface area contributed by atoms with Crippen LogP contribution in [0, 0.1) is 0 Å². The van der Waals surface area contributed by atoms with Crippen LogP contribution in [-0.2, 0) is 13.0 Å². The maximum Gasteiger partial charge on any atom is 0.203 e. The molecule has 2 aromatic rings. The second kappa shape index (κ2) is 7.52. The highest BCUT2D eigenvalue weighted by atomic mass is 32.1. The zero-order chi connectivity index (χ0) is 19.0. The number of methoxy groups -OCH3 is 3. The number of hydrogen-bond donors (Lipinski definition) is 1. The molecule has 4 rings (SSSR count). The van der Waals surface area contributed by atoms with Crippen molar-refractivity contribution < 1.29 is 14.2 Å². The van der Waals surface area contributed by atoms with Crippen molar-refractivity contribution in [2.75, 3.05) is 27.9 Å². The molecular weight excluding hydrogens is 382 g/mol. The summed E-state index contributed by atoms with van der Waals surface area (Å²) in [5.41, 5.74) is 2.13. The topological polar surface area (TPSA) is 55.9 Å². The van der Waals surface area contributed by atoms with Gasteiger partial charge in [0, 0.05) is 29.4 Å². The lowest BCUT2D eigenvalue weighted by atomic mass is 10.1. The van der Waals surface area contributed by atoms with Crippen LogP contribution in [0.3, 0.4) is 0 Å². The first kappa shape index (κ1) is 18.3. The van der Waals surface area contributed by atoms with E-state index in [9.17, 15) is 0 Å². The summed E-state index contributed by atoms with van der Waals surface area (Å²) in [5, 5.41) is 5.26. The first-order valence-corrected chi connectivity index (χ1v) is 10.2. The van der Waals surface area contributed by atoms with Gasteiger partial charge >= 0.3 is 0 Å². The van der Waals surface area contributed by atoms with Crippen LogP contribution in [0.15, 0.2) is 12.1 Å². The van der Waals surface area contributed by atoms with E-state index < -0.39 is 0 Å². The number of nitrogens with one attached hydrogen (secondary N) is 1. The van der Waals surface area contributed by atoms with Crippen molar-refractivity contribution in [3.63, 3.8) is 0 Å². The van der Waals surface area contributed by atoms with Crippen molar-refractivity contribution in [3.05, 3.63) is 22.7 Å². The van der Waals surface area contributed by atoms with Gasteiger partial charge < -0.3 is 24.4 Å². The number of ether oxygens (including phenoxy) is 3. The fraction of sp³-hybridized carbons (Fsp3) is 0.474. The van der Waals surface area contributed by atoms with E-state index in [4.69, 9.17) is 31.4 Å². The van der Waals surface area contributed by atoms with Gasteiger partial charge in [0.05, 0.1) is 33.6 Å². The van der Waals surface area contributed by atoms with Gasteiger partial charge in [-0.15, -0.1) is 11.3 Å². The Morgan fingerprint density at radius 1 is 1.19 bits per heavy atom. The highest BCUT2D eigenvalue weighted by molar-refractivity contribution is 7.80. The molecule has 144 valence electrons. The molecule has 6 nitrogen and oxygen atoms in total. The minimum absolute atomic E-state index is 0.579. The molecular formula is C19H23N3O3S2. The summed E-state index contributed by atoms with van der Waals surface area (Å²) in [6, 6.07) is 4.47. The van der Waals surface area contributed by atoms with Crippen LogP contribution in [0.5, 0.6) is 17.2 Å². The Hall–Kier alpha value is -2.06. The summed E-state index contributed by atoms with van der Waals surface area (Å²) in [5.74, 6) is 1.86. The molecule has 0 saturated heterocycles. The molecule has 1 saturated carbocycles. The first-order chi connectivity index (χ1) is 13.1. The van der Waals surface area contributed by atoms with Crippen LogP contribution in [-0.4, -0.2) is 48.9 Å². The van der Waals surface area contributed by atoms with E-state index in [1.165, 1.54) is 17.7 Å². The number of fused-ring (bicyclic) bond motifs is 1. The predicted octanol–water partition coefficient (Wildman–Crippen LogP) is 3.23. The van der Waals surface area contributed by atoms with Gasteiger partial charge in [-0.2, -0.15) is 0 Å². The lowest BCUT2D eigenvalue weighted by molar-refractivity contribution is 0.324. The highest BCUT2D eigenvalue weighted by Crippen LogP contribution is 2.42. The average Bonchev–Trinajstić information content (AvgIpc) is 3.40. The third-order valence-electron chi connectivity index (χ3n) is 4.84. The number of rotatable bonds is 5. The molecule has 1 aromatic carbocycles. The molecule has 1 aliphatic carbocycles. The zero-order valence-electron chi connectivity index (χ0n) is 15.7. The standard InChI is InChI=1S/C19H23N3O3S2/c1-23-14-8-11(9-15(24-2)17(14)25-3)18-21-13-6-7-22(10-16(13)27-18)19(26)20-12-4-5-12/h8-9,12H,4-7,10H2,1-3H3,(H,20,26). The van der Waals surface area contributed by atoms with Gasteiger partial charge in [0.15, 0.2) is 16.6 Å². The fourth-order valence-electron chi connectivity index (χ4n) is 3.19. The van der Waals surface area contributed by atoms with Gasteiger partial charge in [-0.05, 0) is 37.2 Å². The second-order valence-electron chi connectivity index (χ2n) is 6.70. The average molecular weight is 406 g/mol. The van der Waals surface area contributed by atoms with Crippen molar-refractivity contribution in [2.45, 2.75) is 31.8 Å². The van der Waals surface area contributed by atoms with E-state index in [1.54, 1.807) is 32.7 Å². The molecule has 1 fully saturated rings. The predicted molar refractivity (Wildman–Crippen MR) is 110 cm³/mol. The zero-order valence-corrected chi connectivity index (χ0v) is 17.3. The Labute approximate surface area is 168 Å². The van der Waals surface area contributed by atoms with Crippen LogP contribution in [0.1, 0.15) is 23.4 Å². The molecule has 2 aliphatic rings. The van der Waals surface area contributed by atoms with E-state index in [2.05, 4.69) is 10.2 Å². The molecule has 0 bridgehead atoms. The van der Waals surface area contributed by atoms with Crippen LogP contribution in [0.4, 0.5) is 0 Å². The lowest BCUT2D eigenvalue weighted by Crippen LogP contribution is -2.43. The van der Waals surface area contributed by atoms with E-state index in [1.807, 2.05) is 12.1 Å². The number of thiazole rings is 1. The molecule has 1 aliphatic heterocycles. The van der Waals surface area contributed by atoms with Crippen LogP contribution < -0.4 is 19.5 Å². The Morgan fingerprint density at radius 3 is 2.48 bits per heavy atom. The molecule has 0 spiro atoms. The smallest absolute Gasteiger partial charge is 0.203 e. The van der Waals surface area contributed by atoms with Gasteiger partial charge in [-0.3, -0.25) is 0 Å². The number of nitrogens with zero attached hydrogens (tertiary/aromatic N) is 2. The molecule has 0 radical (unpaired) electrons. The van der Waals surface area contributed by atoms with Gasteiger partial charge in [0.2, 0.25) is 5.75 Å². The quantitative estimate of drug-likeness (QED) is 0.767. The van der Waals surface area contributed by atoms with Crippen molar-refractivity contribution in [2.24, 2.45) is 0 Å².